The fraction of sp³-hybridized carbons (Fsp3) is 0.316. The second kappa shape index (κ2) is 7.95. The van der Waals surface area contributed by atoms with E-state index in [2.05, 4.69) is 28.3 Å². The largest absolute Gasteiger partial charge is 0.398 e. The minimum atomic E-state index is -0.102. The molecular formula is C19H24N4O. The average molecular weight is 324 g/mol. The van der Waals surface area contributed by atoms with Crippen LogP contribution < -0.4 is 21.9 Å². The van der Waals surface area contributed by atoms with Crippen LogP contribution in [0.3, 0.4) is 0 Å². The van der Waals surface area contributed by atoms with Crippen molar-refractivity contribution in [3.63, 3.8) is 0 Å². The molecule has 3 rings (SSSR count). The fourth-order valence-electron chi connectivity index (χ4n) is 2.97. The number of anilines is 1. The van der Waals surface area contributed by atoms with Crippen LogP contribution in [0.15, 0.2) is 48.5 Å². The van der Waals surface area contributed by atoms with Gasteiger partial charge in [0.05, 0.1) is 5.56 Å². The summed E-state index contributed by atoms with van der Waals surface area (Å²) >= 11 is 0. The first-order valence-corrected chi connectivity index (χ1v) is 8.41. The first-order valence-electron chi connectivity index (χ1n) is 8.41. The molecule has 0 spiro atoms. The van der Waals surface area contributed by atoms with Gasteiger partial charge in [0.1, 0.15) is 0 Å². The zero-order chi connectivity index (χ0) is 16.8. The molecule has 24 heavy (non-hydrogen) atoms. The minimum Gasteiger partial charge on any atom is -0.398 e. The van der Waals surface area contributed by atoms with E-state index in [0.29, 0.717) is 23.7 Å². The maximum absolute atomic E-state index is 12.3. The molecule has 1 heterocycles. The predicted octanol–water partition coefficient (Wildman–Crippen LogP) is 1.82. The van der Waals surface area contributed by atoms with Crippen LogP contribution in [-0.2, 0) is 6.42 Å². The summed E-state index contributed by atoms with van der Waals surface area (Å²) in [6, 6.07) is 16.0. The number of carbonyl (C=O) groups is 1. The quantitative estimate of drug-likeness (QED) is 0.483. The molecule has 1 fully saturated rings. The molecule has 0 aliphatic carbocycles. The number of aryl methyl sites for hydroxylation is 1. The lowest BCUT2D eigenvalue weighted by Crippen LogP contribution is -2.25. The van der Waals surface area contributed by atoms with Gasteiger partial charge in [0.25, 0.3) is 5.91 Å². The van der Waals surface area contributed by atoms with E-state index in [1.165, 1.54) is 5.56 Å². The maximum Gasteiger partial charge on any atom is 0.253 e. The van der Waals surface area contributed by atoms with Gasteiger partial charge in [-0.3, -0.25) is 15.6 Å². The number of nitrogens with two attached hydrogens (primary N) is 1. The molecule has 0 radical (unpaired) electrons. The summed E-state index contributed by atoms with van der Waals surface area (Å²) in [5.41, 5.74) is 15.8. The van der Waals surface area contributed by atoms with Crippen molar-refractivity contribution in [2.24, 2.45) is 0 Å². The Bertz CT molecular complexity index is 681. The highest BCUT2D eigenvalue weighted by atomic mass is 16.1. The SMILES string of the molecule is Nc1cc(C2CNNC2)ccc1C(=O)NCCCc1ccccc1. The highest BCUT2D eigenvalue weighted by Crippen LogP contribution is 2.22. The number of hydrogen-bond acceptors (Lipinski definition) is 4. The third-order valence-corrected chi connectivity index (χ3v) is 4.38. The number of hydrogen-bond donors (Lipinski definition) is 4. The molecule has 1 amide bonds. The molecule has 0 aromatic heterocycles. The van der Waals surface area contributed by atoms with E-state index >= 15 is 0 Å². The van der Waals surface area contributed by atoms with Crippen LogP contribution in [0.25, 0.3) is 0 Å². The Labute approximate surface area is 142 Å². The zero-order valence-corrected chi connectivity index (χ0v) is 13.7. The number of amides is 1. The molecule has 0 saturated carbocycles. The molecular weight excluding hydrogens is 300 g/mol. The molecule has 126 valence electrons. The van der Waals surface area contributed by atoms with Crippen LogP contribution in [0.2, 0.25) is 0 Å². The molecule has 2 aromatic carbocycles. The molecule has 5 heteroatoms. The molecule has 2 aromatic rings. The van der Waals surface area contributed by atoms with Gasteiger partial charge in [-0.25, -0.2) is 0 Å². The number of rotatable bonds is 6. The van der Waals surface area contributed by atoms with Crippen molar-refractivity contribution in [3.8, 4) is 0 Å². The summed E-state index contributed by atoms with van der Waals surface area (Å²) in [7, 11) is 0. The summed E-state index contributed by atoms with van der Waals surface area (Å²) < 4.78 is 0. The normalized spacial score (nSPS) is 14.7. The molecule has 5 nitrogen and oxygen atoms in total. The first-order chi connectivity index (χ1) is 11.7. The number of nitrogen functional groups attached to an aromatic ring is 1. The second-order valence-electron chi connectivity index (χ2n) is 6.15. The van der Waals surface area contributed by atoms with Gasteiger partial charge >= 0.3 is 0 Å². The lowest BCUT2D eigenvalue weighted by Gasteiger charge is -2.12. The van der Waals surface area contributed by atoms with E-state index in [4.69, 9.17) is 5.73 Å². The summed E-state index contributed by atoms with van der Waals surface area (Å²) in [5, 5.41) is 2.96. The Morgan fingerprint density at radius 1 is 1.12 bits per heavy atom. The summed E-state index contributed by atoms with van der Waals surface area (Å²) in [4.78, 5) is 12.3. The van der Waals surface area contributed by atoms with Crippen LogP contribution in [0, 0.1) is 0 Å². The second-order valence-corrected chi connectivity index (χ2v) is 6.15. The van der Waals surface area contributed by atoms with Gasteiger partial charge in [-0.1, -0.05) is 36.4 Å². The molecule has 5 N–H and O–H groups in total. The average Bonchev–Trinajstić information content (AvgIpc) is 3.14. The Balaban J connectivity index is 1.51. The van der Waals surface area contributed by atoms with Gasteiger partial charge in [-0.05, 0) is 36.1 Å². The number of hydrazine groups is 1. The van der Waals surface area contributed by atoms with E-state index in [-0.39, 0.29) is 5.91 Å². The van der Waals surface area contributed by atoms with E-state index in [0.717, 1.165) is 31.5 Å². The first kappa shape index (κ1) is 16.5. The van der Waals surface area contributed by atoms with E-state index in [9.17, 15) is 4.79 Å². The predicted molar refractivity (Wildman–Crippen MR) is 96.7 cm³/mol. The van der Waals surface area contributed by atoms with Gasteiger partial charge in [-0.2, -0.15) is 0 Å². The molecule has 1 aliphatic rings. The van der Waals surface area contributed by atoms with Gasteiger partial charge in [-0.15, -0.1) is 0 Å². The van der Waals surface area contributed by atoms with E-state index < -0.39 is 0 Å². The Kier molecular flexibility index (Phi) is 5.46. The lowest BCUT2D eigenvalue weighted by molar-refractivity contribution is 0.0954. The van der Waals surface area contributed by atoms with Gasteiger partial charge in [0.15, 0.2) is 0 Å². The molecule has 0 bridgehead atoms. The van der Waals surface area contributed by atoms with Crippen molar-refractivity contribution in [3.05, 3.63) is 65.2 Å². The topological polar surface area (TPSA) is 79.2 Å². The minimum absolute atomic E-state index is 0.102. The summed E-state index contributed by atoms with van der Waals surface area (Å²) in [6.45, 7) is 2.40. The maximum atomic E-state index is 12.3. The number of benzene rings is 2. The molecule has 1 aliphatic heterocycles. The number of nitrogens with one attached hydrogen (secondary N) is 3. The van der Waals surface area contributed by atoms with Crippen LogP contribution >= 0.6 is 0 Å². The van der Waals surface area contributed by atoms with Crippen molar-refractivity contribution in [1.29, 1.82) is 0 Å². The highest BCUT2D eigenvalue weighted by molar-refractivity contribution is 5.99. The lowest BCUT2D eigenvalue weighted by atomic mass is 9.97. The van der Waals surface area contributed by atoms with E-state index in [1.807, 2.05) is 36.4 Å². The van der Waals surface area contributed by atoms with Crippen molar-refractivity contribution >= 4 is 11.6 Å². The van der Waals surface area contributed by atoms with Gasteiger partial charge in [0.2, 0.25) is 0 Å². The highest BCUT2D eigenvalue weighted by Gasteiger charge is 2.18. The molecule has 0 atom stereocenters. The third kappa shape index (κ3) is 4.13. The Morgan fingerprint density at radius 3 is 2.58 bits per heavy atom. The summed E-state index contributed by atoms with van der Waals surface area (Å²) in [6.07, 6.45) is 1.87. The van der Waals surface area contributed by atoms with Gasteiger partial charge < -0.3 is 11.1 Å². The van der Waals surface area contributed by atoms with Crippen molar-refractivity contribution in [1.82, 2.24) is 16.2 Å². The van der Waals surface area contributed by atoms with Gasteiger partial charge in [0, 0.05) is 31.2 Å². The number of carbonyl (C=O) groups excluding carboxylic acids is 1. The van der Waals surface area contributed by atoms with Crippen LogP contribution in [-0.4, -0.2) is 25.5 Å². The van der Waals surface area contributed by atoms with Crippen molar-refractivity contribution < 1.29 is 4.79 Å². The monoisotopic (exact) mass is 324 g/mol. The third-order valence-electron chi connectivity index (χ3n) is 4.38. The summed E-state index contributed by atoms with van der Waals surface area (Å²) in [5.74, 6) is 0.296. The van der Waals surface area contributed by atoms with E-state index in [1.54, 1.807) is 0 Å². The Hall–Kier alpha value is -2.37. The zero-order valence-electron chi connectivity index (χ0n) is 13.7. The fourth-order valence-corrected chi connectivity index (χ4v) is 2.97. The van der Waals surface area contributed by atoms with Crippen molar-refractivity contribution in [2.45, 2.75) is 18.8 Å². The van der Waals surface area contributed by atoms with Crippen LogP contribution in [0.5, 0.6) is 0 Å². The van der Waals surface area contributed by atoms with Crippen LogP contribution in [0.1, 0.15) is 33.8 Å². The Morgan fingerprint density at radius 2 is 1.88 bits per heavy atom. The standard InChI is InChI=1S/C19H24N4O/c20-18-11-15(16-12-22-23-13-16)8-9-17(18)19(24)21-10-4-7-14-5-2-1-3-6-14/h1-3,5-6,8-9,11,16,22-23H,4,7,10,12-13,20H2,(H,21,24). The smallest absolute Gasteiger partial charge is 0.253 e. The van der Waals surface area contributed by atoms with Crippen molar-refractivity contribution in [2.75, 3.05) is 25.4 Å². The molecule has 0 unspecified atom stereocenters. The molecule has 1 saturated heterocycles. The van der Waals surface area contributed by atoms with Crippen LogP contribution in [0.4, 0.5) is 5.69 Å².